The maximum Gasteiger partial charge on any atom is 0.125 e. The highest BCUT2D eigenvalue weighted by Crippen LogP contribution is 2.20. The van der Waals surface area contributed by atoms with Crippen molar-refractivity contribution in [2.75, 3.05) is 25.0 Å². The standard InChI is InChI=1S/C28H34FN3/c1-23(20-31-17-15-27(16-18-31)30-28-14-8-13-26(29)19-28)32(21-24-9-4-2-5-10-24)22-25-11-6-3-7-12-25/h2-14,19,23,27,30H,15-18,20-22H2,1H3. The summed E-state index contributed by atoms with van der Waals surface area (Å²) in [6, 6.07) is 29.2. The van der Waals surface area contributed by atoms with Crippen molar-refractivity contribution in [3.8, 4) is 0 Å². The monoisotopic (exact) mass is 431 g/mol. The molecule has 4 heteroatoms. The Morgan fingerprint density at radius 2 is 1.47 bits per heavy atom. The van der Waals surface area contributed by atoms with Crippen molar-refractivity contribution >= 4 is 5.69 Å². The van der Waals surface area contributed by atoms with Crippen LogP contribution in [0.4, 0.5) is 10.1 Å². The van der Waals surface area contributed by atoms with Crippen LogP contribution in [0.5, 0.6) is 0 Å². The fraction of sp³-hybridized carbons (Fsp3) is 0.357. The summed E-state index contributed by atoms with van der Waals surface area (Å²) in [6.07, 6.45) is 2.17. The maximum atomic E-state index is 13.5. The molecule has 0 saturated carbocycles. The molecule has 0 amide bonds. The minimum Gasteiger partial charge on any atom is -0.382 e. The van der Waals surface area contributed by atoms with Gasteiger partial charge in [0, 0.05) is 50.5 Å². The van der Waals surface area contributed by atoms with Gasteiger partial charge in [0.25, 0.3) is 0 Å². The van der Waals surface area contributed by atoms with Gasteiger partial charge in [-0.25, -0.2) is 4.39 Å². The second-order valence-electron chi connectivity index (χ2n) is 8.95. The maximum absolute atomic E-state index is 13.5. The molecule has 1 saturated heterocycles. The number of anilines is 1. The molecule has 1 atom stereocenters. The summed E-state index contributed by atoms with van der Waals surface area (Å²) in [4.78, 5) is 5.17. The van der Waals surface area contributed by atoms with Gasteiger partial charge in [-0.1, -0.05) is 66.7 Å². The number of rotatable bonds is 9. The van der Waals surface area contributed by atoms with Gasteiger partial charge in [0.1, 0.15) is 5.82 Å². The number of hydrogen-bond acceptors (Lipinski definition) is 3. The second-order valence-corrected chi connectivity index (χ2v) is 8.95. The third-order valence-electron chi connectivity index (χ3n) is 6.39. The average molecular weight is 432 g/mol. The van der Waals surface area contributed by atoms with Crippen molar-refractivity contribution < 1.29 is 4.39 Å². The number of piperidine rings is 1. The lowest BCUT2D eigenvalue weighted by Gasteiger charge is -2.37. The second kappa shape index (κ2) is 11.3. The molecule has 1 aliphatic rings. The van der Waals surface area contributed by atoms with Crippen molar-refractivity contribution in [2.24, 2.45) is 0 Å². The number of hydrogen-bond donors (Lipinski definition) is 1. The van der Waals surface area contributed by atoms with E-state index in [1.807, 2.05) is 6.07 Å². The van der Waals surface area contributed by atoms with Crippen molar-refractivity contribution in [3.63, 3.8) is 0 Å². The van der Waals surface area contributed by atoms with Gasteiger partial charge in [0.2, 0.25) is 0 Å². The lowest BCUT2D eigenvalue weighted by Crippen LogP contribution is -2.46. The molecule has 1 fully saturated rings. The lowest BCUT2D eigenvalue weighted by molar-refractivity contribution is 0.120. The first-order chi connectivity index (χ1) is 15.7. The first kappa shape index (κ1) is 22.5. The Labute approximate surface area is 191 Å². The minimum atomic E-state index is -0.182. The van der Waals surface area contributed by atoms with Crippen LogP contribution in [-0.2, 0) is 13.1 Å². The zero-order valence-electron chi connectivity index (χ0n) is 19.0. The van der Waals surface area contributed by atoms with Gasteiger partial charge in [-0.05, 0) is 49.1 Å². The van der Waals surface area contributed by atoms with Crippen LogP contribution in [0.2, 0.25) is 0 Å². The Morgan fingerprint density at radius 1 is 0.875 bits per heavy atom. The highest BCUT2D eigenvalue weighted by molar-refractivity contribution is 5.44. The molecule has 0 aliphatic carbocycles. The Balaban J connectivity index is 1.33. The summed E-state index contributed by atoms with van der Waals surface area (Å²) >= 11 is 0. The summed E-state index contributed by atoms with van der Waals surface area (Å²) < 4.78 is 13.5. The van der Waals surface area contributed by atoms with E-state index in [4.69, 9.17) is 0 Å². The van der Waals surface area contributed by atoms with E-state index in [2.05, 4.69) is 82.7 Å². The summed E-state index contributed by atoms with van der Waals surface area (Å²) in [5, 5.41) is 3.51. The van der Waals surface area contributed by atoms with E-state index in [1.54, 1.807) is 12.1 Å². The number of nitrogens with zero attached hydrogens (tertiary/aromatic N) is 2. The number of benzene rings is 3. The van der Waals surface area contributed by atoms with Crippen LogP contribution < -0.4 is 5.32 Å². The Morgan fingerprint density at radius 3 is 2.03 bits per heavy atom. The zero-order chi connectivity index (χ0) is 22.2. The molecule has 1 N–H and O–H groups in total. The summed E-state index contributed by atoms with van der Waals surface area (Å²) in [7, 11) is 0. The van der Waals surface area contributed by atoms with Crippen LogP contribution in [0.15, 0.2) is 84.9 Å². The Hall–Kier alpha value is -2.69. The summed E-state index contributed by atoms with van der Waals surface area (Å²) in [6.45, 7) is 7.46. The van der Waals surface area contributed by atoms with Gasteiger partial charge in [-0.15, -0.1) is 0 Å². The van der Waals surface area contributed by atoms with Crippen LogP contribution in [0, 0.1) is 5.82 Å². The molecule has 4 rings (SSSR count). The van der Waals surface area contributed by atoms with Gasteiger partial charge in [-0.2, -0.15) is 0 Å². The SMILES string of the molecule is CC(CN1CCC(Nc2cccc(F)c2)CC1)N(Cc1ccccc1)Cc1ccccc1. The Bertz CT molecular complexity index is 898. The molecule has 0 spiro atoms. The first-order valence-electron chi connectivity index (χ1n) is 11.7. The third-order valence-corrected chi connectivity index (χ3v) is 6.39. The topological polar surface area (TPSA) is 18.5 Å². The van der Waals surface area contributed by atoms with Crippen molar-refractivity contribution in [1.82, 2.24) is 9.80 Å². The molecule has 1 aliphatic heterocycles. The highest BCUT2D eigenvalue weighted by atomic mass is 19.1. The summed E-state index contributed by atoms with van der Waals surface area (Å²) in [5.74, 6) is -0.182. The third kappa shape index (κ3) is 6.65. The van der Waals surface area contributed by atoms with Crippen molar-refractivity contribution in [3.05, 3.63) is 102 Å². The van der Waals surface area contributed by atoms with Crippen molar-refractivity contribution in [2.45, 2.75) is 44.9 Å². The minimum absolute atomic E-state index is 0.182. The molecule has 168 valence electrons. The van der Waals surface area contributed by atoms with Gasteiger partial charge >= 0.3 is 0 Å². The summed E-state index contributed by atoms with van der Waals surface area (Å²) in [5.41, 5.74) is 3.59. The predicted octanol–water partition coefficient (Wildman–Crippen LogP) is 5.79. The van der Waals surface area contributed by atoms with E-state index in [0.717, 1.165) is 51.3 Å². The molecule has 1 heterocycles. The molecule has 3 aromatic carbocycles. The number of nitrogens with one attached hydrogen (secondary N) is 1. The van der Waals surface area contributed by atoms with Crippen LogP contribution in [0.3, 0.4) is 0 Å². The molecule has 32 heavy (non-hydrogen) atoms. The average Bonchev–Trinajstić information content (AvgIpc) is 2.81. The largest absolute Gasteiger partial charge is 0.382 e. The molecule has 0 radical (unpaired) electrons. The van der Waals surface area contributed by atoms with Gasteiger partial charge in [-0.3, -0.25) is 4.90 Å². The molecule has 0 bridgehead atoms. The van der Waals surface area contributed by atoms with Gasteiger partial charge in [0.15, 0.2) is 0 Å². The molecule has 0 aromatic heterocycles. The van der Waals surface area contributed by atoms with Crippen molar-refractivity contribution in [1.29, 1.82) is 0 Å². The van der Waals surface area contributed by atoms with Gasteiger partial charge in [0.05, 0.1) is 0 Å². The molecule has 1 unspecified atom stereocenters. The molecule has 3 aromatic rings. The highest BCUT2D eigenvalue weighted by Gasteiger charge is 2.23. The fourth-order valence-corrected chi connectivity index (χ4v) is 4.57. The normalized spacial score (nSPS) is 16.2. The van der Waals surface area contributed by atoms with Crippen LogP contribution >= 0.6 is 0 Å². The Kier molecular flexibility index (Phi) is 7.92. The van der Waals surface area contributed by atoms with Crippen LogP contribution in [0.25, 0.3) is 0 Å². The van der Waals surface area contributed by atoms with E-state index in [9.17, 15) is 4.39 Å². The fourth-order valence-electron chi connectivity index (χ4n) is 4.57. The molecular weight excluding hydrogens is 397 g/mol. The van der Waals surface area contributed by atoms with E-state index in [-0.39, 0.29) is 5.82 Å². The van der Waals surface area contributed by atoms with Crippen LogP contribution in [0.1, 0.15) is 30.9 Å². The lowest BCUT2D eigenvalue weighted by atomic mass is 10.0. The quantitative estimate of drug-likeness (QED) is 0.462. The van der Waals surface area contributed by atoms with E-state index < -0.39 is 0 Å². The number of halogens is 1. The van der Waals surface area contributed by atoms with Crippen LogP contribution in [-0.4, -0.2) is 41.5 Å². The van der Waals surface area contributed by atoms with E-state index >= 15 is 0 Å². The zero-order valence-corrected chi connectivity index (χ0v) is 19.0. The van der Waals surface area contributed by atoms with E-state index in [1.165, 1.54) is 17.2 Å². The predicted molar refractivity (Wildman–Crippen MR) is 131 cm³/mol. The first-order valence-corrected chi connectivity index (χ1v) is 11.7. The van der Waals surface area contributed by atoms with E-state index in [0.29, 0.717) is 12.1 Å². The molecular formula is C28H34FN3. The van der Waals surface area contributed by atoms with Gasteiger partial charge < -0.3 is 10.2 Å². The molecule has 3 nitrogen and oxygen atoms in total. The smallest absolute Gasteiger partial charge is 0.125 e. The number of likely N-dealkylation sites (tertiary alicyclic amines) is 1.